The molecule has 0 radical (unpaired) electrons. The van der Waals surface area contributed by atoms with Crippen molar-refractivity contribution >= 4 is 0 Å². The molecule has 1 aromatic carbocycles. The van der Waals surface area contributed by atoms with E-state index >= 15 is 0 Å². The molecule has 0 amide bonds. The maximum Gasteiger partial charge on any atom is 0.124 e. The Morgan fingerprint density at radius 1 is 1.38 bits per heavy atom. The Morgan fingerprint density at radius 2 is 2.06 bits per heavy atom. The summed E-state index contributed by atoms with van der Waals surface area (Å²) in [6, 6.07) is 4.16. The standard InChI is InChI=1S/C13H22N2O/c1-5-15-8-11(14)13-10(3)6-9(2)7-12(13)16-4/h6-7,11,15H,5,8,14H2,1-4H3. The van der Waals surface area contributed by atoms with Gasteiger partial charge in [0.05, 0.1) is 7.11 Å². The van der Waals surface area contributed by atoms with Crippen LogP contribution in [0.5, 0.6) is 5.75 Å². The largest absolute Gasteiger partial charge is 0.496 e. The predicted molar refractivity (Wildman–Crippen MR) is 67.9 cm³/mol. The molecule has 0 aliphatic rings. The second kappa shape index (κ2) is 5.87. The van der Waals surface area contributed by atoms with E-state index in [4.69, 9.17) is 10.5 Å². The smallest absolute Gasteiger partial charge is 0.124 e. The van der Waals surface area contributed by atoms with Crippen molar-refractivity contribution in [1.29, 1.82) is 0 Å². The summed E-state index contributed by atoms with van der Waals surface area (Å²) in [5.41, 5.74) is 9.67. The van der Waals surface area contributed by atoms with E-state index in [1.54, 1.807) is 7.11 Å². The van der Waals surface area contributed by atoms with Crippen LogP contribution in [-0.4, -0.2) is 20.2 Å². The summed E-state index contributed by atoms with van der Waals surface area (Å²) in [5, 5.41) is 3.26. The topological polar surface area (TPSA) is 47.3 Å². The van der Waals surface area contributed by atoms with E-state index in [9.17, 15) is 0 Å². The number of hydrogen-bond donors (Lipinski definition) is 2. The molecule has 0 aromatic heterocycles. The third kappa shape index (κ3) is 2.97. The Kier molecular flexibility index (Phi) is 4.77. The van der Waals surface area contributed by atoms with E-state index in [0.717, 1.165) is 24.4 Å². The average molecular weight is 222 g/mol. The van der Waals surface area contributed by atoms with Crippen molar-refractivity contribution in [1.82, 2.24) is 5.32 Å². The van der Waals surface area contributed by atoms with Gasteiger partial charge in [-0.05, 0) is 37.6 Å². The summed E-state index contributed by atoms with van der Waals surface area (Å²) in [7, 11) is 1.69. The normalized spacial score (nSPS) is 12.6. The van der Waals surface area contributed by atoms with Crippen LogP contribution in [0.3, 0.4) is 0 Å². The molecule has 0 saturated carbocycles. The molecule has 0 saturated heterocycles. The van der Waals surface area contributed by atoms with Crippen LogP contribution in [0.25, 0.3) is 0 Å². The Bertz CT molecular complexity index is 350. The minimum Gasteiger partial charge on any atom is -0.496 e. The van der Waals surface area contributed by atoms with Gasteiger partial charge in [-0.15, -0.1) is 0 Å². The van der Waals surface area contributed by atoms with Crippen molar-refractivity contribution in [2.75, 3.05) is 20.2 Å². The first-order chi connectivity index (χ1) is 7.60. The number of likely N-dealkylation sites (N-methyl/N-ethyl adjacent to an activating group) is 1. The molecule has 1 atom stereocenters. The van der Waals surface area contributed by atoms with E-state index in [1.807, 2.05) is 6.07 Å². The van der Waals surface area contributed by atoms with E-state index < -0.39 is 0 Å². The fraction of sp³-hybridized carbons (Fsp3) is 0.538. The van der Waals surface area contributed by atoms with Crippen molar-refractivity contribution in [3.05, 3.63) is 28.8 Å². The van der Waals surface area contributed by atoms with Crippen molar-refractivity contribution in [3.8, 4) is 5.75 Å². The Morgan fingerprint density at radius 3 is 2.62 bits per heavy atom. The number of nitrogens with one attached hydrogen (secondary N) is 1. The van der Waals surface area contributed by atoms with Gasteiger partial charge in [-0.3, -0.25) is 0 Å². The van der Waals surface area contributed by atoms with Crippen LogP contribution in [0.1, 0.15) is 29.7 Å². The highest BCUT2D eigenvalue weighted by atomic mass is 16.5. The van der Waals surface area contributed by atoms with Crippen molar-refractivity contribution < 1.29 is 4.74 Å². The molecule has 3 nitrogen and oxygen atoms in total. The predicted octanol–water partition coefficient (Wildman–Crippen LogP) is 1.92. The van der Waals surface area contributed by atoms with Gasteiger partial charge in [-0.1, -0.05) is 13.0 Å². The van der Waals surface area contributed by atoms with Gasteiger partial charge in [-0.2, -0.15) is 0 Å². The molecule has 0 heterocycles. The minimum atomic E-state index is -0.0181. The molecular formula is C13H22N2O. The molecule has 0 aliphatic carbocycles. The maximum atomic E-state index is 6.17. The summed E-state index contributed by atoms with van der Waals surface area (Å²) in [6.07, 6.45) is 0. The molecule has 90 valence electrons. The van der Waals surface area contributed by atoms with Gasteiger partial charge in [-0.25, -0.2) is 0 Å². The average Bonchev–Trinajstić information content (AvgIpc) is 2.24. The lowest BCUT2D eigenvalue weighted by Crippen LogP contribution is -2.27. The summed E-state index contributed by atoms with van der Waals surface area (Å²) in [5.74, 6) is 0.892. The van der Waals surface area contributed by atoms with Crippen LogP contribution in [0, 0.1) is 13.8 Å². The highest BCUT2D eigenvalue weighted by Gasteiger charge is 2.14. The lowest BCUT2D eigenvalue weighted by molar-refractivity contribution is 0.403. The third-order valence-corrected chi connectivity index (χ3v) is 2.70. The van der Waals surface area contributed by atoms with Gasteiger partial charge < -0.3 is 15.8 Å². The number of methoxy groups -OCH3 is 1. The van der Waals surface area contributed by atoms with Gasteiger partial charge in [0.15, 0.2) is 0 Å². The molecule has 16 heavy (non-hydrogen) atoms. The van der Waals surface area contributed by atoms with Crippen LogP contribution in [0.2, 0.25) is 0 Å². The first-order valence-electron chi connectivity index (χ1n) is 5.71. The molecule has 3 heteroatoms. The number of benzene rings is 1. The second-order valence-electron chi connectivity index (χ2n) is 4.11. The van der Waals surface area contributed by atoms with Crippen LogP contribution >= 0.6 is 0 Å². The Hall–Kier alpha value is -1.06. The van der Waals surface area contributed by atoms with Crippen molar-refractivity contribution in [2.45, 2.75) is 26.8 Å². The Labute approximate surface area is 98.0 Å². The molecule has 1 rings (SSSR count). The van der Waals surface area contributed by atoms with E-state index in [0.29, 0.717) is 0 Å². The van der Waals surface area contributed by atoms with Crippen LogP contribution < -0.4 is 15.8 Å². The number of rotatable bonds is 5. The zero-order chi connectivity index (χ0) is 12.1. The zero-order valence-corrected chi connectivity index (χ0v) is 10.6. The Balaban J connectivity index is 3.01. The molecule has 0 spiro atoms. The third-order valence-electron chi connectivity index (χ3n) is 2.70. The lowest BCUT2D eigenvalue weighted by atomic mass is 9.98. The highest BCUT2D eigenvalue weighted by Crippen LogP contribution is 2.28. The first kappa shape index (κ1) is 13.0. The minimum absolute atomic E-state index is 0.0181. The molecule has 1 unspecified atom stereocenters. The molecule has 0 fully saturated rings. The number of nitrogens with two attached hydrogens (primary N) is 1. The van der Waals surface area contributed by atoms with Gasteiger partial charge >= 0.3 is 0 Å². The molecule has 0 aliphatic heterocycles. The van der Waals surface area contributed by atoms with Gasteiger partial charge in [0.25, 0.3) is 0 Å². The number of hydrogen-bond acceptors (Lipinski definition) is 3. The summed E-state index contributed by atoms with van der Waals surface area (Å²) >= 11 is 0. The fourth-order valence-corrected chi connectivity index (χ4v) is 1.99. The quantitative estimate of drug-likeness (QED) is 0.800. The summed E-state index contributed by atoms with van der Waals surface area (Å²) in [6.45, 7) is 7.93. The zero-order valence-electron chi connectivity index (χ0n) is 10.6. The van der Waals surface area contributed by atoms with E-state index in [1.165, 1.54) is 11.1 Å². The van der Waals surface area contributed by atoms with E-state index in [2.05, 4.69) is 32.2 Å². The van der Waals surface area contributed by atoms with E-state index in [-0.39, 0.29) is 6.04 Å². The van der Waals surface area contributed by atoms with Crippen molar-refractivity contribution in [3.63, 3.8) is 0 Å². The second-order valence-corrected chi connectivity index (χ2v) is 4.11. The lowest BCUT2D eigenvalue weighted by Gasteiger charge is -2.19. The van der Waals surface area contributed by atoms with Crippen LogP contribution in [0.4, 0.5) is 0 Å². The molecular weight excluding hydrogens is 200 g/mol. The van der Waals surface area contributed by atoms with Crippen LogP contribution in [-0.2, 0) is 0 Å². The molecule has 0 bridgehead atoms. The van der Waals surface area contributed by atoms with Gasteiger partial charge in [0.1, 0.15) is 5.75 Å². The SMILES string of the molecule is CCNCC(N)c1c(C)cc(C)cc1OC. The van der Waals surface area contributed by atoms with Crippen molar-refractivity contribution in [2.24, 2.45) is 5.73 Å². The number of aryl methyl sites for hydroxylation is 2. The fourth-order valence-electron chi connectivity index (χ4n) is 1.99. The molecule has 3 N–H and O–H groups in total. The highest BCUT2D eigenvalue weighted by molar-refractivity contribution is 5.45. The van der Waals surface area contributed by atoms with Gasteiger partial charge in [0, 0.05) is 18.2 Å². The van der Waals surface area contributed by atoms with Crippen LogP contribution in [0.15, 0.2) is 12.1 Å². The summed E-state index contributed by atoms with van der Waals surface area (Å²) in [4.78, 5) is 0. The molecule has 1 aromatic rings. The number of ether oxygens (including phenoxy) is 1. The first-order valence-corrected chi connectivity index (χ1v) is 5.71. The van der Waals surface area contributed by atoms with Gasteiger partial charge in [0.2, 0.25) is 0 Å². The maximum absolute atomic E-state index is 6.17. The summed E-state index contributed by atoms with van der Waals surface area (Å²) < 4.78 is 5.40. The monoisotopic (exact) mass is 222 g/mol.